The van der Waals surface area contributed by atoms with Crippen LogP contribution in [0.3, 0.4) is 0 Å². The molecule has 1 aliphatic carbocycles. The summed E-state index contributed by atoms with van der Waals surface area (Å²) in [6.45, 7) is 4.54. The summed E-state index contributed by atoms with van der Waals surface area (Å²) in [6.07, 6.45) is 17.4. The summed E-state index contributed by atoms with van der Waals surface area (Å²) >= 11 is 0. The molecule has 2 aromatic rings. The fourth-order valence-electron chi connectivity index (χ4n) is 5.04. The Balaban J connectivity index is 1.38. The molecule has 0 spiro atoms. The van der Waals surface area contributed by atoms with E-state index in [-0.39, 0.29) is 0 Å². The molecule has 3 rings (SSSR count). The molecule has 0 unspecified atom stereocenters. The first-order valence-corrected chi connectivity index (χ1v) is 12.4. The normalized spacial score (nSPS) is 19.4. The predicted octanol–water partition coefficient (Wildman–Crippen LogP) is 8.35. The number of hydrogen-bond donors (Lipinski definition) is 0. The largest absolute Gasteiger partial charge is 0.0654 e. The Kier molecular flexibility index (Phi) is 9.32. The van der Waals surface area contributed by atoms with E-state index in [0.717, 1.165) is 11.8 Å². The molecule has 0 aromatic heterocycles. The lowest BCUT2D eigenvalue weighted by atomic mass is 9.77. The highest BCUT2D eigenvalue weighted by Gasteiger charge is 2.21. The number of hydrogen-bond acceptors (Lipinski definition) is 0. The van der Waals surface area contributed by atoms with E-state index in [2.05, 4.69) is 62.4 Å². The zero-order chi connectivity index (χ0) is 20.3. The maximum absolute atomic E-state index is 2.40. The van der Waals surface area contributed by atoms with E-state index >= 15 is 0 Å². The van der Waals surface area contributed by atoms with Crippen LogP contribution in [0.5, 0.6) is 0 Å². The highest BCUT2D eigenvalue weighted by molar-refractivity contribution is 5.24. The Morgan fingerprint density at radius 3 is 1.41 bits per heavy atom. The van der Waals surface area contributed by atoms with E-state index in [1.54, 1.807) is 11.1 Å². The SMILES string of the molecule is CCCCCCc1ccc(C[C@H]2CC[C@H](Cc3ccc(CCC)cc3)CC2)cc1. The molecule has 0 heterocycles. The lowest BCUT2D eigenvalue weighted by Crippen LogP contribution is -2.18. The Morgan fingerprint density at radius 2 is 0.966 bits per heavy atom. The van der Waals surface area contributed by atoms with Gasteiger partial charge in [-0.1, -0.05) is 88.1 Å². The molecule has 158 valence electrons. The van der Waals surface area contributed by atoms with Gasteiger partial charge in [-0.05, 0) is 91.9 Å². The van der Waals surface area contributed by atoms with Crippen LogP contribution in [0.25, 0.3) is 0 Å². The van der Waals surface area contributed by atoms with Gasteiger partial charge in [-0.15, -0.1) is 0 Å². The van der Waals surface area contributed by atoms with Crippen molar-refractivity contribution >= 4 is 0 Å². The average molecular weight is 391 g/mol. The molecule has 0 heteroatoms. The van der Waals surface area contributed by atoms with Gasteiger partial charge in [0.05, 0.1) is 0 Å². The number of unbranched alkanes of at least 4 members (excludes halogenated alkanes) is 3. The van der Waals surface area contributed by atoms with Gasteiger partial charge in [0, 0.05) is 0 Å². The Labute approximate surface area is 180 Å². The van der Waals surface area contributed by atoms with Gasteiger partial charge in [0.15, 0.2) is 0 Å². The van der Waals surface area contributed by atoms with Crippen LogP contribution in [0.1, 0.15) is 93.9 Å². The van der Waals surface area contributed by atoms with Crippen LogP contribution in [0.15, 0.2) is 48.5 Å². The average Bonchev–Trinajstić information content (AvgIpc) is 2.75. The van der Waals surface area contributed by atoms with E-state index in [9.17, 15) is 0 Å². The van der Waals surface area contributed by atoms with Crippen molar-refractivity contribution in [2.24, 2.45) is 11.8 Å². The number of rotatable bonds is 11. The minimum atomic E-state index is 0.897. The molecule has 0 amide bonds. The Bertz CT molecular complexity index is 671. The molecule has 0 atom stereocenters. The summed E-state index contributed by atoms with van der Waals surface area (Å²) in [6, 6.07) is 19.0. The highest BCUT2D eigenvalue weighted by Crippen LogP contribution is 2.33. The van der Waals surface area contributed by atoms with E-state index in [4.69, 9.17) is 0 Å². The summed E-state index contributed by atoms with van der Waals surface area (Å²) in [4.78, 5) is 0. The van der Waals surface area contributed by atoms with Crippen molar-refractivity contribution in [3.8, 4) is 0 Å². The Morgan fingerprint density at radius 1 is 0.517 bits per heavy atom. The summed E-state index contributed by atoms with van der Waals surface area (Å²) in [7, 11) is 0. The predicted molar refractivity (Wildman–Crippen MR) is 128 cm³/mol. The third kappa shape index (κ3) is 7.65. The van der Waals surface area contributed by atoms with Gasteiger partial charge in [0.2, 0.25) is 0 Å². The van der Waals surface area contributed by atoms with Gasteiger partial charge in [0.25, 0.3) is 0 Å². The quantitative estimate of drug-likeness (QED) is 0.338. The first-order chi connectivity index (χ1) is 14.3. The lowest BCUT2D eigenvalue weighted by Gasteiger charge is -2.28. The minimum absolute atomic E-state index is 0.897. The second-order valence-electron chi connectivity index (χ2n) is 9.49. The summed E-state index contributed by atoms with van der Waals surface area (Å²) in [5.74, 6) is 1.79. The molecular formula is C29H42. The summed E-state index contributed by atoms with van der Waals surface area (Å²) in [5.41, 5.74) is 6.12. The van der Waals surface area contributed by atoms with Gasteiger partial charge in [-0.3, -0.25) is 0 Å². The van der Waals surface area contributed by atoms with E-state index < -0.39 is 0 Å². The topological polar surface area (TPSA) is 0 Å². The maximum atomic E-state index is 2.40. The van der Waals surface area contributed by atoms with Crippen molar-refractivity contribution in [2.75, 3.05) is 0 Å². The second-order valence-corrected chi connectivity index (χ2v) is 9.49. The zero-order valence-electron chi connectivity index (χ0n) is 19.0. The molecule has 0 N–H and O–H groups in total. The molecule has 0 saturated heterocycles. The molecule has 2 aromatic carbocycles. The molecule has 1 fully saturated rings. The molecule has 29 heavy (non-hydrogen) atoms. The molecule has 0 bridgehead atoms. The van der Waals surface area contributed by atoms with Crippen molar-refractivity contribution in [3.05, 3.63) is 70.8 Å². The standard InChI is InChI=1S/C29H42/c1-3-5-6-7-9-25-12-16-27(17-13-25)23-29-20-18-28(19-21-29)22-26-14-10-24(8-4-2)11-15-26/h10-17,28-29H,3-9,18-23H2,1-2H3/t28-,29-. The van der Waals surface area contributed by atoms with Crippen LogP contribution in [-0.4, -0.2) is 0 Å². The van der Waals surface area contributed by atoms with Crippen LogP contribution >= 0.6 is 0 Å². The second kappa shape index (κ2) is 12.2. The molecule has 1 aliphatic rings. The van der Waals surface area contributed by atoms with E-state index in [1.165, 1.54) is 94.6 Å². The number of aryl methyl sites for hydroxylation is 2. The number of benzene rings is 2. The first kappa shape index (κ1) is 22.1. The van der Waals surface area contributed by atoms with Gasteiger partial charge >= 0.3 is 0 Å². The van der Waals surface area contributed by atoms with E-state index in [1.807, 2.05) is 0 Å². The summed E-state index contributed by atoms with van der Waals surface area (Å²) in [5, 5.41) is 0. The molecule has 0 aliphatic heterocycles. The highest BCUT2D eigenvalue weighted by atomic mass is 14.3. The smallest absolute Gasteiger partial charge is 0.0250 e. The fourth-order valence-corrected chi connectivity index (χ4v) is 5.04. The molecule has 0 nitrogen and oxygen atoms in total. The molecule has 1 saturated carbocycles. The lowest BCUT2D eigenvalue weighted by molar-refractivity contribution is 0.272. The van der Waals surface area contributed by atoms with Gasteiger partial charge in [-0.2, -0.15) is 0 Å². The molecule has 0 radical (unpaired) electrons. The van der Waals surface area contributed by atoms with Crippen LogP contribution in [0, 0.1) is 11.8 Å². The Hall–Kier alpha value is -1.56. The van der Waals surface area contributed by atoms with Crippen LogP contribution in [0.2, 0.25) is 0 Å². The van der Waals surface area contributed by atoms with Crippen molar-refractivity contribution < 1.29 is 0 Å². The fraction of sp³-hybridized carbons (Fsp3) is 0.586. The van der Waals surface area contributed by atoms with Gasteiger partial charge in [0.1, 0.15) is 0 Å². The molecular weight excluding hydrogens is 348 g/mol. The van der Waals surface area contributed by atoms with Crippen molar-refractivity contribution in [3.63, 3.8) is 0 Å². The third-order valence-electron chi connectivity index (χ3n) is 6.92. The van der Waals surface area contributed by atoms with Crippen LogP contribution < -0.4 is 0 Å². The van der Waals surface area contributed by atoms with Crippen molar-refractivity contribution in [1.29, 1.82) is 0 Å². The zero-order valence-corrected chi connectivity index (χ0v) is 19.0. The van der Waals surface area contributed by atoms with E-state index in [0.29, 0.717) is 0 Å². The minimum Gasteiger partial charge on any atom is -0.0654 e. The van der Waals surface area contributed by atoms with Crippen molar-refractivity contribution in [1.82, 2.24) is 0 Å². The maximum Gasteiger partial charge on any atom is -0.0250 e. The van der Waals surface area contributed by atoms with Crippen LogP contribution in [0.4, 0.5) is 0 Å². The van der Waals surface area contributed by atoms with Crippen molar-refractivity contribution in [2.45, 2.75) is 97.3 Å². The third-order valence-corrected chi connectivity index (χ3v) is 6.92. The van der Waals surface area contributed by atoms with Crippen LogP contribution in [-0.2, 0) is 25.7 Å². The van der Waals surface area contributed by atoms with Gasteiger partial charge < -0.3 is 0 Å². The summed E-state index contributed by atoms with van der Waals surface area (Å²) < 4.78 is 0. The monoisotopic (exact) mass is 390 g/mol. The first-order valence-electron chi connectivity index (χ1n) is 12.4. The van der Waals surface area contributed by atoms with Gasteiger partial charge in [-0.25, -0.2) is 0 Å².